The molecule has 0 aliphatic rings. The monoisotopic (exact) mass is 233 g/mol. The van der Waals surface area contributed by atoms with Crippen molar-refractivity contribution in [2.45, 2.75) is 9.99 Å². The van der Waals surface area contributed by atoms with Crippen LogP contribution in [0.25, 0.3) is 0 Å². The molecule has 0 unspecified atom stereocenters. The Labute approximate surface area is 98.0 Å². The van der Waals surface area contributed by atoms with E-state index in [1.165, 1.54) is 25.0 Å². The Bertz CT molecular complexity index is 487. The normalized spacial score (nSPS) is 11.7. The van der Waals surface area contributed by atoms with E-state index < -0.39 is 0 Å². The minimum atomic E-state index is 0.566. The molecule has 1 aromatic carbocycles. The van der Waals surface area contributed by atoms with E-state index in [1.807, 2.05) is 36.4 Å². The molecule has 4 heteroatoms. The van der Waals surface area contributed by atoms with Gasteiger partial charge in [-0.05, 0) is 24.3 Å². The van der Waals surface area contributed by atoms with Crippen LogP contribution in [-0.2, 0) is 0 Å². The van der Waals surface area contributed by atoms with Crippen molar-refractivity contribution in [1.29, 1.82) is 0 Å². The molecule has 0 saturated carbocycles. The summed E-state index contributed by atoms with van der Waals surface area (Å²) < 4.78 is 6.18. The van der Waals surface area contributed by atoms with E-state index in [4.69, 9.17) is 4.42 Å². The van der Waals surface area contributed by atoms with Crippen LogP contribution < -0.4 is 0 Å². The smallest absolute Gasteiger partial charge is 0.217 e. The van der Waals surface area contributed by atoms with Gasteiger partial charge in [0, 0.05) is 4.90 Å². The van der Waals surface area contributed by atoms with E-state index in [0.29, 0.717) is 5.76 Å². The van der Waals surface area contributed by atoms with Crippen LogP contribution in [0.15, 0.2) is 56.9 Å². The van der Waals surface area contributed by atoms with Gasteiger partial charge in [-0.25, -0.2) is 4.74 Å². The lowest BCUT2D eigenvalue weighted by atomic mass is 10.4. The minimum Gasteiger partial charge on any atom is -0.624 e. The minimum absolute atomic E-state index is 0.566. The Kier molecular flexibility index (Phi) is 3.31. The molecule has 82 valence electrons. The summed E-state index contributed by atoms with van der Waals surface area (Å²) in [6.45, 7) is 0. The van der Waals surface area contributed by atoms with Crippen LogP contribution in [0, 0.1) is 5.21 Å². The maximum Gasteiger partial charge on any atom is 0.217 e. The molecule has 0 fully saturated rings. The average molecular weight is 233 g/mol. The Morgan fingerprint density at radius 2 is 1.94 bits per heavy atom. The van der Waals surface area contributed by atoms with Gasteiger partial charge in [0.1, 0.15) is 7.05 Å². The average Bonchev–Trinajstić information content (AvgIpc) is 2.66. The van der Waals surface area contributed by atoms with Crippen LogP contribution in [0.5, 0.6) is 0 Å². The van der Waals surface area contributed by atoms with Crippen molar-refractivity contribution in [1.82, 2.24) is 0 Å². The van der Waals surface area contributed by atoms with Crippen molar-refractivity contribution < 1.29 is 9.16 Å². The molecule has 2 aromatic rings. The second-order valence-corrected chi connectivity index (χ2v) is 4.33. The fraction of sp³-hybridized carbons (Fsp3) is 0.0833. The van der Waals surface area contributed by atoms with Gasteiger partial charge in [0.15, 0.2) is 10.9 Å². The molecule has 1 aromatic heterocycles. The lowest BCUT2D eigenvalue weighted by Crippen LogP contribution is -1.95. The van der Waals surface area contributed by atoms with Crippen LogP contribution in [0.3, 0.4) is 0 Å². The van der Waals surface area contributed by atoms with Crippen LogP contribution in [0.2, 0.25) is 0 Å². The summed E-state index contributed by atoms with van der Waals surface area (Å²) in [6.07, 6.45) is 1.40. The maximum atomic E-state index is 10.8. The molecule has 0 saturated heterocycles. The molecule has 0 spiro atoms. The maximum absolute atomic E-state index is 10.8. The number of furan rings is 1. The number of nitrogens with zero attached hydrogens (tertiary/aromatic N) is 1. The van der Waals surface area contributed by atoms with E-state index in [9.17, 15) is 5.21 Å². The third kappa shape index (κ3) is 2.90. The van der Waals surface area contributed by atoms with Crippen molar-refractivity contribution in [3.63, 3.8) is 0 Å². The largest absolute Gasteiger partial charge is 0.624 e. The number of hydrogen-bond donors (Lipinski definition) is 0. The Balaban J connectivity index is 2.12. The highest BCUT2D eigenvalue weighted by Gasteiger charge is 2.03. The fourth-order valence-electron chi connectivity index (χ4n) is 1.24. The predicted octanol–water partition coefficient (Wildman–Crippen LogP) is 2.99. The summed E-state index contributed by atoms with van der Waals surface area (Å²) in [5.41, 5.74) is 0. The number of hydroxylamine groups is 1. The first-order chi connectivity index (χ1) is 7.74. The van der Waals surface area contributed by atoms with E-state index in [0.717, 1.165) is 14.7 Å². The molecule has 3 nitrogen and oxygen atoms in total. The molecule has 0 aliphatic heterocycles. The highest BCUT2D eigenvalue weighted by Crippen LogP contribution is 2.28. The summed E-state index contributed by atoms with van der Waals surface area (Å²) in [5, 5.41) is 11.6. The van der Waals surface area contributed by atoms with Gasteiger partial charge in [-0.3, -0.25) is 0 Å². The standard InChI is InChI=1S/C12H11NO2S/c1-13(14)9-10-7-8-12(15-10)16-11-5-3-2-4-6-11/h2-9H,1H3/b13-9-. The zero-order valence-corrected chi connectivity index (χ0v) is 9.61. The van der Waals surface area contributed by atoms with Crippen LogP contribution >= 0.6 is 11.8 Å². The SMILES string of the molecule is C/[N+]([O-])=C/c1ccc(Sc2ccccc2)o1. The molecule has 2 rings (SSSR count). The highest BCUT2D eigenvalue weighted by molar-refractivity contribution is 7.99. The molecule has 0 amide bonds. The zero-order chi connectivity index (χ0) is 11.4. The van der Waals surface area contributed by atoms with Crippen molar-refractivity contribution in [3.8, 4) is 0 Å². The van der Waals surface area contributed by atoms with Gasteiger partial charge in [-0.15, -0.1) is 0 Å². The van der Waals surface area contributed by atoms with Gasteiger partial charge in [0.2, 0.25) is 6.21 Å². The molecular formula is C12H11NO2S. The summed E-state index contributed by atoms with van der Waals surface area (Å²) in [7, 11) is 1.42. The van der Waals surface area contributed by atoms with Gasteiger partial charge in [0.05, 0.1) is 0 Å². The van der Waals surface area contributed by atoms with E-state index in [-0.39, 0.29) is 0 Å². The predicted molar refractivity (Wildman–Crippen MR) is 64.0 cm³/mol. The van der Waals surface area contributed by atoms with Gasteiger partial charge in [-0.1, -0.05) is 30.0 Å². The molecule has 0 aliphatic carbocycles. The molecule has 0 atom stereocenters. The van der Waals surface area contributed by atoms with E-state index in [1.54, 1.807) is 6.07 Å². The molecule has 0 radical (unpaired) electrons. The van der Waals surface area contributed by atoms with E-state index >= 15 is 0 Å². The topological polar surface area (TPSA) is 39.2 Å². The summed E-state index contributed by atoms with van der Waals surface area (Å²) in [4.78, 5) is 1.11. The second kappa shape index (κ2) is 4.90. The van der Waals surface area contributed by atoms with Gasteiger partial charge >= 0.3 is 0 Å². The number of rotatable bonds is 3. The van der Waals surface area contributed by atoms with E-state index in [2.05, 4.69) is 0 Å². The highest BCUT2D eigenvalue weighted by atomic mass is 32.2. The quantitative estimate of drug-likeness (QED) is 0.354. The van der Waals surface area contributed by atoms with Crippen LogP contribution in [0.4, 0.5) is 0 Å². The summed E-state index contributed by atoms with van der Waals surface area (Å²) >= 11 is 1.53. The number of hydrogen-bond acceptors (Lipinski definition) is 3. The van der Waals surface area contributed by atoms with Crippen molar-refractivity contribution in [2.75, 3.05) is 7.05 Å². The Morgan fingerprint density at radius 3 is 2.62 bits per heavy atom. The first kappa shape index (κ1) is 10.8. The van der Waals surface area contributed by atoms with Gasteiger partial charge < -0.3 is 9.62 Å². The van der Waals surface area contributed by atoms with Crippen molar-refractivity contribution >= 4 is 18.0 Å². The Hall–Kier alpha value is -1.68. The van der Waals surface area contributed by atoms with Gasteiger partial charge in [0.25, 0.3) is 0 Å². The summed E-state index contributed by atoms with van der Waals surface area (Å²) in [5.74, 6) is 0.566. The van der Waals surface area contributed by atoms with Crippen LogP contribution in [0.1, 0.15) is 5.76 Å². The molecule has 16 heavy (non-hydrogen) atoms. The first-order valence-electron chi connectivity index (χ1n) is 4.81. The first-order valence-corrected chi connectivity index (χ1v) is 5.63. The van der Waals surface area contributed by atoms with Gasteiger partial charge in [-0.2, -0.15) is 0 Å². The lowest BCUT2D eigenvalue weighted by molar-refractivity contribution is -0.417. The number of benzene rings is 1. The molecule has 0 N–H and O–H groups in total. The van der Waals surface area contributed by atoms with Crippen molar-refractivity contribution in [3.05, 3.63) is 53.4 Å². The van der Waals surface area contributed by atoms with Crippen LogP contribution in [-0.4, -0.2) is 18.0 Å². The third-order valence-corrected chi connectivity index (χ3v) is 2.80. The zero-order valence-electron chi connectivity index (χ0n) is 8.79. The molecule has 0 bridgehead atoms. The molecule has 1 heterocycles. The molecular weight excluding hydrogens is 222 g/mol. The third-order valence-electron chi connectivity index (χ3n) is 1.87. The lowest BCUT2D eigenvalue weighted by Gasteiger charge is -1.96. The summed E-state index contributed by atoms with van der Waals surface area (Å²) in [6, 6.07) is 13.6. The fourth-order valence-corrected chi connectivity index (χ4v) is 2.04. The second-order valence-electron chi connectivity index (χ2n) is 3.25. The van der Waals surface area contributed by atoms with Crippen molar-refractivity contribution in [2.24, 2.45) is 0 Å². The Morgan fingerprint density at radius 1 is 1.19 bits per heavy atom.